The smallest absolute Gasteiger partial charge is 0.149 e. The Bertz CT molecular complexity index is 161. The zero-order valence-corrected chi connectivity index (χ0v) is 8.34. The highest BCUT2D eigenvalue weighted by molar-refractivity contribution is 5.84. The largest absolute Gasteiger partial charge is 0.299 e. The van der Waals surface area contributed by atoms with E-state index in [1.165, 1.54) is 0 Å². The maximum Gasteiger partial charge on any atom is 0.149 e. The van der Waals surface area contributed by atoms with Crippen molar-refractivity contribution in [3.63, 3.8) is 0 Å². The quantitative estimate of drug-likeness (QED) is 0.622. The van der Waals surface area contributed by atoms with Crippen LogP contribution >= 0.6 is 0 Å². The van der Waals surface area contributed by atoms with Crippen LogP contribution in [0.1, 0.15) is 26.7 Å². The zero-order valence-electron chi connectivity index (χ0n) is 8.34. The molecule has 0 atom stereocenters. The van der Waals surface area contributed by atoms with Gasteiger partial charge >= 0.3 is 0 Å². The van der Waals surface area contributed by atoms with Gasteiger partial charge in [-0.3, -0.25) is 9.69 Å². The molecule has 0 spiro atoms. The molecule has 0 aromatic rings. The third-order valence-corrected chi connectivity index (χ3v) is 2.14. The number of Topliss-reactive ketones (excluding diaryl/α,β-unsaturated/α-hetero) is 1. The Morgan fingerprint density at radius 3 is 2.50 bits per heavy atom. The van der Waals surface area contributed by atoms with Gasteiger partial charge in [-0.1, -0.05) is 13.8 Å². The van der Waals surface area contributed by atoms with Crippen molar-refractivity contribution in [3.05, 3.63) is 0 Å². The standard InChI is InChI=1S/C10H19NO/c1-8(2)6-11(3)7-10(12)9-4-5-9/h8-9H,4-7H2,1-3H3. The molecule has 0 bridgehead atoms. The Morgan fingerprint density at radius 1 is 1.50 bits per heavy atom. The van der Waals surface area contributed by atoms with E-state index in [-0.39, 0.29) is 0 Å². The first-order valence-electron chi connectivity index (χ1n) is 4.81. The number of nitrogens with zero attached hydrogens (tertiary/aromatic N) is 1. The summed E-state index contributed by atoms with van der Waals surface area (Å²) >= 11 is 0. The number of hydrogen-bond donors (Lipinski definition) is 0. The average molecular weight is 169 g/mol. The van der Waals surface area contributed by atoms with Gasteiger partial charge in [-0.15, -0.1) is 0 Å². The zero-order chi connectivity index (χ0) is 9.14. The summed E-state index contributed by atoms with van der Waals surface area (Å²) < 4.78 is 0. The van der Waals surface area contributed by atoms with Crippen LogP contribution in [0.25, 0.3) is 0 Å². The molecule has 0 heterocycles. The number of rotatable bonds is 5. The lowest BCUT2D eigenvalue weighted by Crippen LogP contribution is -2.30. The van der Waals surface area contributed by atoms with Crippen molar-refractivity contribution in [2.75, 3.05) is 20.1 Å². The van der Waals surface area contributed by atoms with E-state index in [0.29, 0.717) is 24.2 Å². The van der Waals surface area contributed by atoms with Gasteiger partial charge in [0, 0.05) is 12.5 Å². The monoisotopic (exact) mass is 169 g/mol. The fourth-order valence-corrected chi connectivity index (χ4v) is 1.49. The molecule has 2 heteroatoms. The van der Waals surface area contributed by atoms with Crippen LogP contribution in [0.3, 0.4) is 0 Å². The summed E-state index contributed by atoms with van der Waals surface area (Å²) in [6, 6.07) is 0. The maximum atomic E-state index is 11.4. The molecule has 1 fully saturated rings. The van der Waals surface area contributed by atoms with Crippen molar-refractivity contribution in [2.24, 2.45) is 11.8 Å². The highest BCUT2D eigenvalue weighted by Gasteiger charge is 2.29. The first-order valence-corrected chi connectivity index (χ1v) is 4.81. The van der Waals surface area contributed by atoms with Crippen LogP contribution in [0.4, 0.5) is 0 Å². The molecule has 1 saturated carbocycles. The number of likely N-dealkylation sites (N-methyl/N-ethyl adjacent to an activating group) is 1. The Morgan fingerprint density at radius 2 is 2.08 bits per heavy atom. The van der Waals surface area contributed by atoms with Crippen LogP contribution in [0, 0.1) is 11.8 Å². The van der Waals surface area contributed by atoms with Gasteiger partial charge in [0.1, 0.15) is 5.78 Å². The molecule has 1 rings (SSSR count). The first-order chi connectivity index (χ1) is 5.59. The molecular weight excluding hydrogens is 150 g/mol. The van der Waals surface area contributed by atoms with Gasteiger partial charge in [0.15, 0.2) is 0 Å². The second-order valence-electron chi connectivity index (χ2n) is 4.33. The van der Waals surface area contributed by atoms with Crippen LogP contribution in [0.15, 0.2) is 0 Å². The second kappa shape index (κ2) is 4.04. The van der Waals surface area contributed by atoms with E-state index in [1.807, 2.05) is 7.05 Å². The van der Waals surface area contributed by atoms with Crippen molar-refractivity contribution in [1.29, 1.82) is 0 Å². The van der Waals surface area contributed by atoms with Crippen LogP contribution in [0.2, 0.25) is 0 Å². The minimum Gasteiger partial charge on any atom is -0.299 e. The molecular formula is C10H19NO. The molecule has 0 amide bonds. The third kappa shape index (κ3) is 3.35. The predicted molar refractivity (Wildman–Crippen MR) is 50.1 cm³/mol. The van der Waals surface area contributed by atoms with Gasteiger partial charge in [-0.05, 0) is 25.8 Å². The summed E-state index contributed by atoms with van der Waals surface area (Å²) in [6.07, 6.45) is 2.27. The van der Waals surface area contributed by atoms with Gasteiger partial charge in [-0.25, -0.2) is 0 Å². The lowest BCUT2D eigenvalue weighted by Gasteiger charge is -2.17. The first kappa shape index (κ1) is 9.72. The molecule has 0 N–H and O–H groups in total. The van der Waals surface area contributed by atoms with Crippen LogP contribution in [-0.4, -0.2) is 30.8 Å². The van der Waals surface area contributed by atoms with Gasteiger partial charge < -0.3 is 0 Å². The van der Waals surface area contributed by atoms with Crippen molar-refractivity contribution in [1.82, 2.24) is 4.90 Å². The van der Waals surface area contributed by atoms with E-state index in [9.17, 15) is 4.79 Å². The highest BCUT2D eigenvalue weighted by atomic mass is 16.1. The predicted octanol–water partition coefficient (Wildman–Crippen LogP) is 1.55. The van der Waals surface area contributed by atoms with E-state index in [1.54, 1.807) is 0 Å². The highest BCUT2D eigenvalue weighted by Crippen LogP contribution is 2.29. The van der Waals surface area contributed by atoms with E-state index in [0.717, 1.165) is 19.4 Å². The number of carbonyl (C=O) groups is 1. The summed E-state index contributed by atoms with van der Waals surface area (Å²) in [5.41, 5.74) is 0. The molecule has 0 saturated heterocycles. The van der Waals surface area contributed by atoms with Gasteiger partial charge in [0.2, 0.25) is 0 Å². The molecule has 0 aromatic heterocycles. The van der Waals surface area contributed by atoms with Crippen molar-refractivity contribution >= 4 is 5.78 Å². The molecule has 0 radical (unpaired) electrons. The Kier molecular flexibility index (Phi) is 3.27. The van der Waals surface area contributed by atoms with Crippen molar-refractivity contribution in [2.45, 2.75) is 26.7 Å². The van der Waals surface area contributed by atoms with Crippen LogP contribution in [-0.2, 0) is 4.79 Å². The fourth-order valence-electron chi connectivity index (χ4n) is 1.49. The molecule has 0 aliphatic heterocycles. The van der Waals surface area contributed by atoms with E-state index < -0.39 is 0 Å². The normalized spacial score (nSPS) is 17.4. The molecule has 1 aliphatic carbocycles. The van der Waals surface area contributed by atoms with Gasteiger partial charge in [0.25, 0.3) is 0 Å². The summed E-state index contributed by atoms with van der Waals surface area (Å²) in [7, 11) is 2.03. The van der Waals surface area contributed by atoms with E-state index in [4.69, 9.17) is 0 Å². The van der Waals surface area contributed by atoms with Gasteiger partial charge in [-0.2, -0.15) is 0 Å². The lowest BCUT2D eigenvalue weighted by atomic mass is 10.2. The molecule has 2 nitrogen and oxygen atoms in total. The molecule has 70 valence electrons. The van der Waals surface area contributed by atoms with Crippen LogP contribution < -0.4 is 0 Å². The summed E-state index contributed by atoms with van der Waals surface area (Å²) in [4.78, 5) is 13.5. The molecule has 0 unspecified atom stereocenters. The number of ketones is 1. The van der Waals surface area contributed by atoms with Crippen molar-refractivity contribution in [3.8, 4) is 0 Å². The lowest BCUT2D eigenvalue weighted by molar-refractivity contribution is -0.121. The number of carbonyl (C=O) groups excluding carboxylic acids is 1. The molecule has 1 aliphatic rings. The van der Waals surface area contributed by atoms with Gasteiger partial charge in [0.05, 0.1) is 6.54 Å². The SMILES string of the molecule is CC(C)CN(C)CC(=O)C1CC1. The Balaban J connectivity index is 2.15. The fraction of sp³-hybridized carbons (Fsp3) is 0.900. The average Bonchev–Trinajstić information content (AvgIpc) is 2.63. The molecule has 12 heavy (non-hydrogen) atoms. The Hall–Kier alpha value is -0.370. The second-order valence-corrected chi connectivity index (χ2v) is 4.33. The van der Waals surface area contributed by atoms with E-state index >= 15 is 0 Å². The van der Waals surface area contributed by atoms with E-state index in [2.05, 4.69) is 18.7 Å². The minimum absolute atomic E-state index is 0.416. The minimum atomic E-state index is 0.416. The topological polar surface area (TPSA) is 20.3 Å². The van der Waals surface area contributed by atoms with Crippen molar-refractivity contribution < 1.29 is 4.79 Å². The summed E-state index contributed by atoms with van der Waals surface area (Å²) in [5.74, 6) is 1.51. The summed E-state index contributed by atoms with van der Waals surface area (Å²) in [5, 5.41) is 0. The third-order valence-electron chi connectivity index (χ3n) is 2.14. The summed E-state index contributed by atoms with van der Waals surface area (Å²) in [6.45, 7) is 6.04. The Labute approximate surface area is 74.9 Å². The number of hydrogen-bond acceptors (Lipinski definition) is 2. The van der Waals surface area contributed by atoms with Crippen LogP contribution in [0.5, 0.6) is 0 Å². The maximum absolute atomic E-state index is 11.4. The molecule has 0 aromatic carbocycles.